The molecule has 1 N–H and O–H groups in total. The number of aromatic nitrogens is 2. The Balaban J connectivity index is 1.20. The molecule has 0 spiro atoms. The summed E-state index contributed by atoms with van der Waals surface area (Å²) in [7, 11) is 1.69. The quantitative estimate of drug-likeness (QED) is 0.585. The first-order valence-electron chi connectivity index (χ1n) is 12.2. The van der Waals surface area contributed by atoms with Crippen LogP contribution in [0, 0.1) is 12.8 Å². The van der Waals surface area contributed by atoms with E-state index in [0.29, 0.717) is 24.8 Å². The highest BCUT2D eigenvalue weighted by Crippen LogP contribution is 2.33. The first-order chi connectivity index (χ1) is 16.6. The number of hydrogen-bond acceptors (Lipinski definition) is 6. The predicted molar refractivity (Wildman–Crippen MR) is 129 cm³/mol. The molecule has 0 radical (unpaired) electrons. The summed E-state index contributed by atoms with van der Waals surface area (Å²) in [5, 5.41) is 7.50. The third-order valence-electron chi connectivity index (χ3n) is 6.96. The number of fused-ring (bicyclic) bond motifs is 1. The molecule has 2 atom stereocenters. The van der Waals surface area contributed by atoms with Crippen molar-refractivity contribution in [2.45, 2.75) is 51.6 Å². The minimum Gasteiger partial charge on any atom is -0.497 e. The Bertz CT molecular complexity index is 1160. The molecule has 5 rings (SSSR count). The van der Waals surface area contributed by atoms with E-state index in [9.17, 15) is 4.79 Å². The largest absolute Gasteiger partial charge is 0.497 e. The van der Waals surface area contributed by atoms with Gasteiger partial charge in [-0.05, 0) is 74.9 Å². The molecular formula is C27H32N4O3. The number of likely N-dealkylation sites (tertiary alicyclic amines) is 1. The van der Waals surface area contributed by atoms with Gasteiger partial charge in [-0.15, -0.1) is 0 Å². The monoisotopic (exact) mass is 460 g/mol. The Kier molecular flexibility index (Phi) is 6.63. The maximum absolute atomic E-state index is 13.2. The zero-order chi connectivity index (χ0) is 23.5. The number of nitrogens with one attached hydrogen (secondary N) is 1. The molecule has 7 heteroatoms. The lowest BCUT2D eigenvalue weighted by Crippen LogP contribution is -2.44. The Morgan fingerprint density at radius 2 is 2.12 bits per heavy atom. The number of carbonyl (C=O) groups is 1. The molecule has 0 saturated carbocycles. The molecule has 7 nitrogen and oxygen atoms in total. The summed E-state index contributed by atoms with van der Waals surface area (Å²) in [4.78, 5) is 20.0. The Labute approximate surface area is 200 Å². The van der Waals surface area contributed by atoms with E-state index < -0.39 is 0 Å². The first kappa shape index (κ1) is 22.6. The number of rotatable bonds is 6. The van der Waals surface area contributed by atoms with Gasteiger partial charge < -0.3 is 14.6 Å². The lowest BCUT2D eigenvalue weighted by Gasteiger charge is -2.33. The third kappa shape index (κ3) is 4.99. The van der Waals surface area contributed by atoms with Crippen LogP contribution in [0.5, 0.6) is 5.75 Å². The average Bonchev–Trinajstić information content (AvgIpc) is 3.32. The van der Waals surface area contributed by atoms with Crippen LogP contribution >= 0.6 is 0 Å². The van der Waals surface area contributed by atoms with Crippen molar-refractivity contribution >= 4 is 5.91 Å². The van der Waals surface area contributed by atoms with Gasteiger partial charge in [0.2, 0.25) is 17.6 Å². The van der Waals surface area contributed by atoms with Crippen molar-refractivity contribution in [2.75, 3.05) is 20.2 Å². The standard InChI is InChI=1S/C27H32N4O3/c1-18-6-3-8-20(14-18)26-29-25(34-30-26)17-31-13-5-9-21(16-31)27(32)28-24-10-4-7-19-15-22(33-2)11-12-23(19)24/h3,6,8,11-12,14-15,21,24H,4-5,7,9-10,13,16-17H2,1-2H3,(H,28,32). The summed E-state index contributed by atoms with van der Waals surface area (Å²) in [6, 6.07) is 14.4. The van der Waals surface area contributed by atoms with Gasteiger partial charge in [-0.25, -0.2) is 0 Å². The second-order valence-electron chi connectivity index (χ2n) is 9.47. The number of methoxy groups -OCH3 is 1. The van der Waals surface area contributed by atoms with Gasteiger partial charge in [0.1, 0.15) is 5.75 Å². The van der Waals surface area contributed by atoms with Crippen LogP contribution in [0.25, 0.3) is 11.4 Å². The van der Waals surface area contributed by atoms with Gasteiger partial charge in [-0.2, -0.15) is 4.98 Å². The van der Waals surface area contributed by atoms with Crippen LogP contribution < -0.4 is 10.1 Å². The van der Waals surface area contributed by atoms with Gasteiger partial charge in [0.25, 0.3) is 0 Å². The zero-order valence-corrected chi connectivity index (χ0v) is 19.9. The number of hydrogen-bond donors (Lipinski definition) is 1. The summed E-state index contributed by atoms with van der Waals surface area (Å²) in [6.07, 6.45) is 4.97. The van der Waals surface area contributed by atoms with Crippen LogP contribution in [0.15, 0.2) is 47.0 Å². The van der Waals surface area contributed by atoms with Crippen LogP contribution in [0.2, 0.25) is 0 Å². The summed E-state index contributed by atoms with van der Waals surface area (Å²) >= 11 is 0. The number of amides is 1. The summed E-state index contributed by atoms with van der Waals surface area (Å²) in [6.45, 7) is 4.25. The maximum atomic E-state index is 13.2. The molecule has 178 valence electrons. The smallest absolute Gasteiger partial charge is 0.241 e. The molecule has 2 heterocycles. The third-order valence-corrected chi connectivity index (χ3v) is 6.96. The van der Waals surface area contributed by atoms with E-state index in [4.69, 9.17) is 9.26 Å². The second kappa shape index (κ2) is 9.97. The molecule has 2 aromatic carbocycles. The van der Waals surface area contributed by atoms with Crippen molar-refractivity contribution in [3.8, 4) is 17.1 Å². The minimum absolute atomic E-state index is 0.0310. The fourth-order valence-corrected chi connectivity index (χ4v) is 5.18. The number of ether oxygens (including phenoxy) is 1. The van der Waals surface area contributed by atoms with Crippen molar-refractivity contribution in [3.63, 3.8) is 0 Å². The second-order valence-corrected chi connectivity index (χ2v) is 9.47. The summed E-state index contributed by atoms with van der Waals surface area (Å²) in [5.41, 5.74) is 4.62. The van der Waals surface area contributed by atoms with Gasteiger partial charge in [-0.1, -0.05) is 35.0 Å². The lowest BCUT2D eigenvalue weighted by atomic mass is 9.86. The molecule has 3 aromatic rings. The van der Waals surface area contributed by atoms with E-state index in [0.717, 1.165) is 55.5 Å². The molecular weight excluding hydrogens is 428 g/mol. The lowest BCUT2D eigenvalue weighted by molar-refractivity contribution is -0.127. The maximum Gasteiger partial charge on any atom is 0.241 e. The Morgan fingerprint density at radius 1 is 1.21 bits per heavy atom. The zero-order valence-electron chi connectivity index (χ0n) is 19.9. The number of nitrogens with zero attached hydrogens (tertiary/aromatic N) is 3. The van der Waals surface area contributed by atoms with Crippen molar-refractivity contribution < 1.29 is 14.1 Å². The molecule has 1 saturated heterocycles. The van der Waals surface area contributed by atoms with Gasteiger partial charge in [-0.3, -0.25) is 9.69 Å². The fraction of sp³-hybridized carbons (Fsp3) is 0.444. The van der Waals surface area contributed by atoms with E-state index in [-0.39, 0.29) is 17.9 Å². The Morgan fingerprint density at radius 3 is 2.97 bits per heavy atom. The minimum atomic E-state index is -0.0310. The van der Waals surface area contributed by atoms with Crippen LogP contribution in [0.3, 0.4) is 0 Å². The molecule has 2 aliphatic rings. The van der Waals surface area contributed by atoms with E-state index in [1.165, 1.54) is 11.1 Å². The summed E-state index contributed by atoms with van der Waals surface area (Å²) in [5.74, 6) is 2.19. The van der Waals surface area contributed by atoms with Crippen molar-refractivity contribution in [1.29, 1.82) is 0 Å². The first-order valence-corrected chi connectivity index (χ1v) is 12.2. The van der Waals surface area contributed by atoms with Gasteiger partial charge in [0, 0.05) is 12.1 Å². The highest BCUT2D eigenvalue weighted by Gasteiger charge is 2.30. The molecule has 34 heavy (non-hydrogen) atoms. The van der Waals surface area contributed by atoms with Crippen LogP contribution in [0.4, 0.5) is 0 Å². The predicted octanol–water partition coefficient (Wildman–Crippen LogP) is 4.46. The number of piperidine rings is 1. The summed E-state index contributed by atoms with van der Waals surface area (Å²) < 4.78 is 10.9. The van der Waals surface area contributed by atoms with E-state index in [1.54, 1.807) is 7.11 Å². The van der Waals surface area contributed by atoms with Crippen molar-refractivity contribution in [3.05, 3.63) is 65.0 Å². The van der Waals surface area contributed by atoms with Crippen LogP contribution in [-0.4, -0.2) is 41.1 Å². The van der Waals surface area contributed by atoms with Gasteiger partial charge in [0.05, 0.1) is 25.6 Å². The number of aryl methyl sites for hydroxylation is 2. The normalized spacial score (nSPS) is 20.5. The highest BCUT2D eigenvalue weighted by atomic mass is 16.5. The van der Waals surface area contributed by atoms with Gasteiger partial charge in [0.15, 0.2) is 0 Å². The van der Waals surface area contributed by atoms with Crippen molar-refractivity contribution in [2.24, 2.45) is 5.92 Å². The molecule has 1 aliphatic carbocycles. The topological polar surface area (TPSA) is 80.5 Å². The average molecular weight is 461 g/mol. The molecule has 1 aromatic heterocycles. The number of benzene rings is 2. The van der Waals surface area contributed by atoms with E-state index in [2.05, 4.69) is 38.6 Å². The molecule has 1 fully saturated rings. The molecule has 0 bridgehead atoms. The van der Waals surface area contributed by atoms with Crippen LogP contribution in [0.1, 0.15) is 54.3 Å². The van der Waals surface area contributed by atoms with Gasteiger partial charge >= 0.3 is 0 Å². The van der Waals surface area contributed by atoms with E-state index in [1.807, 2.05) is 31.2 Å². The van der Waals surface area contributed by atoms with Crippen molar-refractivity contribution in [1.82, 2.24) is 20.4 Å². The van der Waals surface area contributed by atoms with Crippen LogP contribution in [-0.2, 0) is 17.8 Å². The Hall–Kier alpha value is -3.19. The fourth-order valence-electron chi connectivity index (χ4n) is 5.18. The number of carbonyl (C=O) groups excluding carboxylic acids is 1. The SMILES string of the molecule is COc1ccc2c(c1)CCCC2NC(=O)C1CCCN(Cc2nc(-c3cccc(C)c3)no2)C1. The molecule has 1 amide bonds. The molecule has 2 unspecified atom stereocenters. The molecule has 1 aliphatic heterocycles. The highest BCUT2D eigenvalue weighted by molar-refractivity contribution is 5.79. The van der Waals surface area contributed by atoms with E-state index >= 15 is 0 Å².